The predicted octanol–water partition coefficient (Wildman–Crippen LogP) is 1.51. The predicted molar refractivity (Wildman–Crippen MR) is 57.6 cm³/mol. The summed E-state index contributed by atoms with van der Waals surface area (Å²) in [6.07, 6.45) is 0. The van der Waals surface area contributed by atoms with E-state index in [0.29, 0.717) is 23.1 Å². The van der Waals surface area contributed by atoms with E-state index in [1.165, 1.54) is 0 Å². The van der Waals surface area contributed by atoms with Crippen LogP contribution in [0.5, 0.6) is 5.75 Å². The highest BCUT2D eigenvalue weighted by Crippen LogP contribution is 2.22. The van der Waals surface area contributed by atoms with Crippen LogP contribution in [0.2, 0.25) is 0 Å². The first-order valence-corrected chi connectivity index (χ1v) is 4.90. The van der Waals surface area contributed by atoms with Crippen LogP contribution in [0.25, 0.3) is 11.5 Å². The SMILES string of the molecule is Cc1nnc(-c2cccc(OCC(=O)O)c2)o1. The van der Waals surface area contributed by atoms with E-state index in [1.54, 1.807) is 31.2 Å². The Labute approximate surface area is 96.9 Å². The van der Waals surface area contributed by atoms with Crippen molar-refractivity contribution in [3.8, 4) is 17.2 Å². The highest BCUT2D eigenvalue weighted by atomic mass is 16.5. The number of benzene rings is 1. The summed E-state index contributed by atoms with van der Waals surface area (Å²) in [7, 11) is 0. The van der Waals surface area contributed by atoms with Crippen molar-refractivity contribution in [3.63, 3.8) is 0 Å². The number of carboxylic acid groups (broad SMARTS) is 1. The zero-order chi connectivity index (χ0) is 12.3. The first-order chi connectivity index (χ1) is 8.15. The van der Waals surface area contributed by atoms with Gasteiger partial charge in [0.15, 0.2) is 6.61 Å². The summed E-state index contributed by atoms with van der Waals surface area (Å²) in [5, 5.41) is 16.1. The van der Waals surface area contributed by atoms with E-state index >= 15 is 0 Å². The topological polar surface area (TPSA) is 85.5 Å². The van der Waals surface area contributed by atoms with Crippen molar-refractivity contribution in [2.75, 3.05) is 6.61 Å². The molecule has 0 aliphatic carbocycles. The first kappa shape index (κ1) is 11.1. The molecule has 17 heavy (non-hydrogen) atoms. The lowest BCUT2D eigenvalue weighted by Crippen LogP contribution is -2.09. The Morgan fingerprint density at radius 3 is 2.94 bits per heavy atom. The van der Waals surface area contributed by atoms with E-state index in [2.05, 4.69) is 10.2 Å². The Hall–Kier alpha value is -2.37. The molecule has 0 unspecified atom stereocenters. The number of hydrogen-bond acceptors (Lipinski definition) is 5. The van der Waals surface area contributed by atoms with Crippen LogP contribution in [0.15, 0.2) is 28.7 Å². The fourth-order valence-corrected chi connectivity index (χ4v) is 1.28. The summed E-state index contributed by atoms with van der Waals surface area (Å²) in [6.45, 7) is 1.31. The van der Waals surface area contributed by atoms with Gasteiger partial charge in [-0.15, -0.1) is 10.2 Å². The highest BCUT2D eigenvalue weighted by Gasteiger charge is 2.07. The summed E-state index contributed by atoms with van der Waals surface area (Å²) >= 11 is 0. The molecule has 1 N–H and O–H groups in total. The minimum absolute atomic E-state index is 0.378. The number of aliphatic carboxylic acids is 1. The average molecular weight is 234 g/mol. The summed E-state index contributed by atoms with van der Waals surface area (Å²) in [5.74, 6) is 0.268. The van der Waals surface area contributed by atoms with Gasteiger partial charge in [0.25, 0.3) is 0 Å². The van der Waals surface area contributed by atoms with Gasteiger partial charge in [-0.1, -0.05) is 6.07 Å². The van der Waals surface area contributed by atoms with Crippen molar-refractivity contribution in [2.24, 2.45) is 0 Å². The number of nitrogens with zero attached hydrogens (tertiary/aromatic N) is 2. The molecule has 1 heterocycles. The number of hydrogen-bond donors (Lipinski definition) is 1. The normalized spacial score (nSPS) is 10.2. The quantitative estimate of drug-likeness (QED) is 0.862. The minimum atomic E-state index is -1.02. The number of aryl methyl sites for hydroxylation is 1. The second-order valence-electron chi connectivity index (χ2n) is 3.34. The molecule has 0 bridgehead atoms. The molecule has 0 aliphatic rings. The van der Waals surface area contributed by atoms with Gasteiger partial charge in [0.1, 0.15) is 5.75 Å². The van der Waals surface area contributed by atoms with Crippen LogP contribution in [-0.2, 0) is 4.79 Å². The average Bonchev–Trinajstić information content (AvgIpc) is 2.74. The van der Waals surface area contributed by atoms with E-state index in [-0.39, 0.29) is 6.61 Å². The molecule has 2 aromatic rings. The molecule has 0 aliphatic heterocycles. The van der Waals surface area contributed by atoms with Gasteiger partial charge in [-0.05, 0) is 18.2 Å². The number of carbonyl (C=O) groups is 1. The van der Waals surface area contributed by atoms with Crippen molar-refractivity contribution >= 4 is 5.97 Å². The Morgan fingerprint density at radius 2 is 2.29 bits per heavy atom. The van der Waals surface area contributed by atoms with E-state index < -0.39 is 5.97 Å². The molecule has 2 rings (SSSR count). The number of rotatable bonds is 4. The van der Waals surface area contributed by atoms with Crippen LogP contribution >= 0.6 is 0 Å². The Balaban J connectivity index is 2.19. The van der Waals surface area contributed by atoms with Crippen molar-refractivity contribution in [3.05, 3.63) is 30.2 Å². The van der Waals surface area contributed by atoms with Crippen LogP contribution in [0.3, 0.4) is 0 Å². The zero-order valence-electron chi connectivity index (χ0n) is 9.08. The molecule has 0 atom stereocenters. The molecular formula is C11H10N2O4. The van der Waals surface area contributed by atoms with E-state index in [0.717, 1.165) is 0 Å². The van der Waals surface area contributed by atoms with E-state index in [9.17, 15) is 4.79 Å². The van der Waals surface area contributed by atoms with Crippen LogP contribution in [0.4, 0.5) is 0 Å². The molecule has 6 heteroatoms. The van der Waals surface area contributed by atoms with E-state index in [1.807, 2.05) is 0 Å². The Bertz CT molecular complexity index is 536. The first-order valence-electron chi connectivity index (χ1n) is 4.90. The van der Waals surface area contributed by atoms with Crippen LogP contribution < -0.4 is 4.74 Å². The Kier molecular flexibility index (Phi) is 3.04. The third kappa shape index (κ3) is 2.81. The molecule has 1 aromatic carbocycles. The van der Waals surface area contributed by atoms with Crippen LogP contribution in [0, 0.1) is 6.92 Å². The lowest BCUT2D eigenvalue weighted by molar-refractivity contribution is -0.139. The maximum atomic E-state index is 10.4. The van der Waals surface area contributed by atoms with Gasteiger partial charge in [-0.2, -0.15) is 0 Å². The molecule has 6 nitrogen and oxygen atoms in total. The number of aromatic nitrogens is 2. The fourth-order valence-electron chi connectivity index (χ4n) is 1.28. The van der Waals surface area contributed by atoms with Crippen LogP contribution in [0.1, 0.15) is 5.89 Å². The van der Waals surface area contributed by atoms with Crippen molar-refractivity contribution in [1.82, 2.24) is 10.2 Å². The molecule has 1 aromatic heterocycles. The summed E-state index contributed by atoms with van der Waals surface area (Å²) in [6, 6.07) is 6.82. The maximum Gasteiger partial charge on any atom is 0.341 e. The third-order valence-electron chi connectivity index (χ3n) is 1.97. The third-order valence-corrected chi connectivity index (χ3v) is 1.97. The summed E-state index contributed by atoms with van der Waals surface area (Å²) in [4.78, 5) is 10.4. The monoisotopic (exact) mass is 234 g/mol. The van der Waals surface area contributed by atoms with Crippen molar-refractivity contribution < 1.29 is 19.1 Å². The van der Waals surface area contributed by atoms with Crippen molar-refractivity contribution in [1.29, 1.82) is 0 Å². The lowest BCUT2D eigenvalue weighted by Gasteiger charge is -2.03. The standard InChI is InChI=1S/C11H10N2O4/c1-7-12-13-11(17-7)8-3-2-4-9(5-8)16-6-10(14)15/h2-5H,6H2,1H3,(H,14,15). The largest absolute Gasteiger partial charge is 0.482 e. The van der Waals surface area contributed by atoms with Crippen LogP contribution in [-0.4, -0.2) is 27.9 Å². The molecule has 0 saturated heterocycles. The molecule has 88 valence electrons. The molecule has 0 spiro atoms. The molecule has 0 saturated carbocycles. The van der Waals surface area contributed by atoms with E-state index in [4.69, 9.17) is 14.3 Å². The van der Waals surface area contributed by atoms with Gasteiger partial charge < -0.3 is 14.3 Å². The number of ether oxygens (including phenoxy) is 1. The Morgan fingerprint density at radius 1 is 1.47 bits per heavy atom. The highest BCUT2D eigenvalue weighted by molar-refractivity contribution is 5.68. The lowest BCUT2D eigenvalue weighted by atomic mass is 10.2. The second-order valence-corrected chi connectivity index (χ2v) is 3.34. The summed E-state index contributed by atoms with van der Waals surface area (Å²) < 4.78 is 10.3. The summed E-state index contributed by atoms with van der Waals surface area (Å²) in [5.41, 5.74) is 0.688. The molecule has 0 amide bonds. The van der Waals surface area contributed by atoms with Crippen molar-refractivity contribution in [2.45, 2.75) is 6.92 Å². The molecule has 0 radical (unpaired) electrons. The molecular weight excluding hydrogens is 224 g/mol. The second kappa shape index (κ2) is 4.65. The van der Waals surface area contributed by atoms with Gasteiger partial charge in [-0.25, -0.2) is 4.79 Å². The van der Waals surface area contributed by atoms with Gasteiger partial charge in [0, 0.05) is 12.5 Å². The van der Waals surface area contributed by atoms with Gasteiger partial charge >= 0.3 is 5.97 Å². The number of carboxylic acids is 1. The molecule has 0 fully saturated rings. The zero-order valence-corrected chi connectivity index (χ0v) is 9.08. The van der Waals surface area contributed by atoms with Gasteiger partial charge in [0.05, 0.1) is 0 Å². The smallest absolute Gasteiger partial charge is 0.341 e. The maximum absolute atomic E-state index is 10.4. The van der Waals surface area contributed by atoms with Gasteiger partial charge in [0.2, 0.25) is 11.8 Å². The minimum Gasteiger partial charge on any atom is -0.482 e. The fraction of sp³-hybridized carbons (Fsp3) is 0.182. The van der Waals surface area contributed by atoms with Gasteiger partial charge in [-0.3, -0.25) is 0 Å².